The molecule has 2 aromatic carbocycles. The number of H-pyrrole nitrogens is 1. The van der Waals surface area contributed by atoms with Gasteiger partial charge in [-0.2, -0.15) is 0 Å². The fourth-order valence-electron chi connectivity index (χ4n) is 4.04. The van der Waals surface area contributed by atoms with Gasteiger partial charge in [-0.3, -0.25) is 4.79 Å². The molecule has 0 unspecified atom stereocenters. The lowest BCUT2D eigenvalue weighted by Gasteiger charge is -2.18. The van der Waals surface area contributed by atoms with Crippen LogP contribution in [0.25, 0.3) is 10.9 Å². The summed E-state index contributed by atoms with van der Waals surface area (Å²) in [5.41, 5.74) is 5.12. The first-order valence-corrected chi connectivity index (χ1v) is 11.3. The predicted octanol–water partition coefficient (Wildman–Crippen LogP) is 3.43. The molecule has 0 spiro atoms. The lowest BCUT2D eigenvalue weighted by atomic mass is 9.87. The summed E-state index contributed by atoms with van der Waals surface area (Å²) < 4.78 is 22.8. The smallest absolute Gasteiger partial charge is 0.251 e. The van der Waals surface area contributed by atoms with Crippen LogP contribution in [0.1, 0.15) is 53.5 Å². The van der Waals surface area contributed by atoms with E-state index in [4.69, 9.17) is 5.14 Å². The van der Waals surface area contributed by atoms with Gasteiger partial charge in [-0.15, -0.1) is 0 Å². The molecule has 4 rings (SSSR count). The van der Waals surface area contributed by atoms with Crippen LogP contribution in [-0.4, -0.2) is 19.3 Å². The summed E-state index contributed by atoms with van der Waals surface area (Å²) in [6, 6.07) is 11.7. The van der Waals surface area contributed by atoms with E-state index >= 15 is 0 Å². The number of fused-ring (bicyclic) bond motifs is 3. The van der Waals surface area contributed by atoms with Crippen molar-refractivity contribution in [3.05, 3.63) is 64.8 Å². The average molecular weight is 412 g/mol. The van der Waals surface area contributed by atoms with E-state index in [-0.39, 0.29) is 16.8 Å². The second kappa shape index (κ2) is 7.31. The molecule has 1 aromatic heterocycles. The topological polar surface area (TPSA) is 105 Å². The number of nitrogens with two attached hydrogens (primary N) is 1. The molecule has 0 saturated carbocycles. The van der Waals surface area contributed by atoms with Gasteiger partial charge in [0.2, 0.25) is 10.0 Å². The number of aromatic nitrogens is 1. The molecule has 1 heterocycles. The van der Waals surface area contributed by atoms with Gasteiger partial charge in [0.25, 0.3) is 5.91 Å². The number of carbonyl (C=O) groups excluding carboxylic acids is 1. The standard InChI is InChI=1S/C22H25N3O3S/c1-13-3-9-20-18(11-13)19-12-16(6-10-21(19)25-20)22(26)24-14(2)15-4-7-17(8-5-15)29(23,27)28/h4-8,10,12-14,25H,3,9,11H2,1-2H3,(H,24,26)(H2,23,27,28)/t13-,14+/m0/s1. The molecule has 0 bridgehead atoms. The van der Waals surface area contributed by atoms with Crippen LogP contribution in [0.4, 0.5) is 0 Å². The van der Waals surface area contributed by atoms with Gasteiger partial charge >= 0.3 is 0 Å². The maximum Gasteiger partial charge on any atom is 0.251 e. The number of amides is 1. The largest absolute Gasteiger partial charge is 0.358 e. The number of hydrogen-bond donors (Lipinski definition) is 3. The van der Waals surface area contributed by atoms with Gasteiger partial charge < -0.3 is 10.3 Å². The third-order valence-electron chi connectivity index (χ3n) is 5.75. The summed E-state index contributed by atoms with van der Waals surface area (Å²) in [5, 5.41) is 9.25. The summed E-state index contributed by atoms with van der Waals surface area (Å²) >= 11 is 0. The van der Waals surface area contributed by atoms with Crippen LogP contribution in [0.15, 0.2) is 47.4 Å². The van der Waals surface area contributed by atoms with E-state index < -0.39 is 10.0 Å². The fourth-order valence-corrected chi connectivity index (χ4v) is 4.56. The highest BCUT2D eigenvalue weighted by Crippen LogP contribution is 2.32. The highest BCUT2D eigenvalue weighted by Gasteiger charge is 2.21. The molecule has 1 amide bonds. The van der Waals surface area contributed by atoms with Crippen molar-refractivity contribution in [3.8, 4) is 0 Å². The summed E-state index contributed by atoms with van der Waals surface area (Å²) in [7, 11) is -3.73. The van der Waals surface area contributed by atoms with Gasteiger partial charge in [-0.25, -0.2) is 13.6 Å². The van der Waals surface area contributed by atoms with Crippen LogP contribution in [0.2, 0.25) is 0 Å². The first-order valence-electron chi connectivity index (χ1n) is 9.79. The maximum atomic E-state index is 12.8. The molecule has 152 valence electrons. The summed E-state index contributed by atoms with van der Waals surface area (Å²) in [5.74, 6) is 0.494. The van der Waals surface area contributed by atoms with Crippen molar-refractivity contribution in [2.75, 3.05) is 0 Å². The Hall–Kier alpha value is -2.64. The number of aromatic amines is 1. The summed E-state index contributed by atoms with van der Waals surface area (Å²) in [6.45, 7) is 4.13. The van der Waals surface area contributed by atoms with Crippen LogP contribution >= 0.6 is 0 Å². The number of nitrogens with one attached hydrogen (secondary N) is 2. The molecule has 4 N–H and O–H groups in total. The van der Waals surface area contributed by atoms with Crippen LogP contribution in [0.3, 0.4) is 0 Å². The highest BCUT2D eigenvalue weighted by molar-refractivity contribution is 7.89. The third-order valence-corrected chi connectivity index (χ3v) is 6.68. The quantitative estimate of drug-likeness (QED) is 0.612. The van der Waals surface area contributed by atoms with Crippen molar-refractivity contribution in [3.63, 3.8) is 0 Å². The normalized spacial score (nSPS) is 17.7. The second-order valence-electron chi connectivity index (χ2n) is 8.00. The van der Waals surface area contributed by atoms with Crippen molar-refractivity contribution >= 4 is 26.8 Å². The molecule has 3 aromatic rings. The van der Waals surface area contributed by atoms with Crippen molar-refractivity contribution in [1.82, 2.24) is 10.3 Å². The molecule has 29 heavy (non-hydrogen) atoms. The number of aryl methyl sites for hydroxylation is 1. The minimum absolute atomic E-state index is 0.0525. The number of carbonyl (C=O) groups is 1. The van der Waals surface area contributed by atoms with Gasteiger partial charge in [0.1, 0.15) is 0 Å². The van der Waals surface area contributed by atoms with Crippen molar-refractivity contribution in [2.45, 2.75) is 44.0 Å². The molecule has 0 aliphatic heterocycles. The fraction of sp³-hybridized carbons (Fsp3) is 0.318. The Balaban J connectivity index is 1.55. The molecule has 0 fully saturated rings. The van der Waals surface area contributed by atoms with E-state index in [1.807, 2.05) is 25.1 Å². The zero-order valence-electron chi connectivity index (χ0n) is 16.5. The van der Waals surface area contributed by atoms with Gasteiger partial charge in [0, 0.05) is 22.2 Å². The number of sulfonamides is 1. The maximum absolute atomic E-state index is 12.8. The van der Waals surface area contributed by atoms with Gasteiger partial charge in [0.05, 0.1) is 10.9 Å². The molecule has 7 heteroatoms. The molecule has 1 aliphatic carbocycles. The molecular weight excluding hydrogens is 386 g/mol. The first-order chi connectivity index (χ1) is 13.7. The van der Waals surface area contributed by atoms with E-state index in [0.717, 1.165) is 29.3 Å². The predicted molar refractivity (Wildman–Crippen MR) is 113 cm³/mol. The monoisotopic (exact) mass is 411 g/mol. The van der Waals surface area contributed by atoms with Crippen LogP contribution in [0.5, 0.6) is 0 Å². The van der Waals surface area contributed by atoms with Gasteiger partial charge in [0.15, 0.2) is 0 Å². The number of rotatable bonds is 4. The Morgan fingerprint density at radius 1 is 1.21 bits per heavy atom. The minimum Gasteiger partial charge on any atom is -0.358 e. The number of primary sulfonamides is 1. The molecule has 0 radical (unpaired) electrons. The first kappa shape index (κ1) is 19.7. The van der Waals surface area contributed by atoms with Crippen LogP contribution in [-0.2, 0) is 22.9 Å². The van der Waals surface area contributed by atoms with Crippen LogP contribution < -0.4 is 10.5 Å². The molecule has 1 aliphatic rings. The second-order valence-corrected chi connectivity index (χ2v) is 9.56. The molecule has 6 nitrogen and oxygen atoms in total. The van der Waals surface area contributed by atoms with Gasteiger partial charge in [-0.05, 0) is 73.6 Å². The number of hydrogen-bond acceptors (Lipinski definition) is 3. The van der Waals surface area contributed by atoms with Gasteiger partial charge in [-0.1, -0.05) is 19.1 Å². The van der Waals surface area contributed by atoms with Crippen molar-refractivity contribution in [1.29, 1.82) is 0 Å². The average Bonchev–Trinajstić information content (AvgIpc) is 3.04. The summed E-state index contributed by atoms with van der Waals surface area (Å²) in [4.78, 5) is 16.4. The molecule has 0 saturated heterocycles. The van der Waals surface area contributed by atoms with E-state index in [9.17, 15) is 13.2 Å². The zero-order valence-corrected chi connectivity index (χ0v) is 17.3. The van der Waals surface area contributed by atoms with Crippen molar-refractivity contribution in [2.24, 2.45) is 11.1 Å². The lowest BCUT2D eigenvalue weighted by molar-refractivity contribution is 0.0940. The Kier molecular flexibility index (Phi) is 4.96. The van der Waals surface area contributed by atoms with Crippen LogP contribution in [0, 0.1) is 5.92 Å². The SMILES string of the molecule is C[C@H]1CCc2[nH]c3ccc(C(=O)N[C@H](C)c4ccc(S(N)(=O)=O)cc4)cc3c2C1. The van der Waals surface area contributed by atoms with E-state index in [0.29, 0.717) is 11.5 Å². The van der Waals surface area contributed by atoms with E-state index in [1.54, 1.807) is 12.1 Å². The Morgan fingerprint density at radius 3 is 2.62 bits per heavy atom. The Bertz CT molecular complexity index is 1180. The lowest BCUT2D eigenvalue weighted by Crippen LogP contribution is -2.26. The summed E-state index contributed by atoms with van der Waals surface area (Å²) in [6.07, 6.45) is 3.28. The number of benzene rings is 2. The Morgan fingerprint density at radius 2 is 1.93 bits per heavy atom. The Labute approximate surface area is 170 Å². The third kappa shape index (κ3) is 3.93. The highest BCUT2D eigenvalue weighted by atomic mass is 32.2. The van der Waals surface area contributed by atoms with Crippen molar-refractivity contribution < 1.29 is 13.2 Å². The van der Waals surface area contributed by atoms with E-state index in [1.165, 1.54) is 29.8 Å². The minimum atomic E-state index is -3.73. The zero-order chi connectivity index (χ0) is 20.8. The van der Waals surface area contributed by atoms with E-state index in [2.05, 4.69) is 17.2 Å². The molecular formula is C22H25N3O3S. The molecule has 2 atom stereocenters.